The zero-order valence-corrected chi connectivity index (χ0v) is 20.8. The van der Waals surface area contributed by atoms with E-state index >= 15 is 0 Å². The molecule has 172 valence electrons. The summed E-state index contributed by atoms with van der Waals surface area (Å²) < 4.78 is 7.94. The van der Waals surface area contributed by atoms with Crippen LogP contribution in [-0.2, 0) is 6.61 Å². The quantitative estimate of drug-likeness (QED) is 0.218. The molecule has 5 nitrogen and oxygen atoms in total. The predicted octanol–water partition coefficient (Wildman–Crippen LogP) is 6.94. The summed E-state index contributed by atoms with van der Waals surface area (Å²) in [6, 6.07) is 30.2. The van der Waals surface area contributed by atoms with Crippen molar-refractivity contribution in [3.63, 3.8) is 0 Å². The Bertz CT molecular complexity index is 1560. The normalized spacial score (nSPS) is 11.3. The Kier molecular flexibility index (Phi) is 6.75. The summed E-state index contributed by atoms with van der Waals surface area (Å²) in [4.78, 5) is 18.0. The number of hydrogen-bond acceptors (Lipinski definition) is 4. The molecule has 35 heavy (non-hydrogen) atoms. The van der Waals surface area contributed by atoms with E-state index in [1.165, 1.54) is 4.68 Å². The van der Waals surface area contributed by atoms with E-state index in [-0.39, 0.29) is 5.56 Å². The molecule has 5 aromatic rings. The van der Waals surface area contributed by atoms with Crippen molar-refractivity contribution in [2.75, 3.05) is 0 Å². The molecule has 0 saturated heterocycles. The van der Waals surface area contributed by atoms with Crippen LogP contribution in [-0.4, -0.2) is 15.9 Å². The molecular weight excluding hydrogens is 526 g/mol. The van der Waals surface area contributed by atoms with E-state index in [0.29, 0.717) is 44.1 Å². The number of hydrogen-bond donors (Lipinski definition) is 0. The van der Waals surface area contributed by atoms with Crippen LogP contribution in [0.5, 0.6) is 5.75 Å². The molecular formula is C28H19BrClN3O2. The highest BCUT2D eigenvalue weighted by molar-refractivity contribution is 9.10. The summed E-state index contributed by atoms with van der Waals surface area (Å²) in [5.74, 6) is 1.00. The first-order valence-electron chi connectivity index (χ1n) is 10.9. The lowest BCUT2D eigenvalue weighted by molar-refractivity contribution is 0.304. The van der Waals surface area contributed by atoms with Gasteiger partial charge in [-0.05, 0) is 51.3 Å². The van der Waals surface area contributed by atoms with E-state index in [1.54, 1.807) is 18.3 Å². The van der Waals surface area contributed by atoms with Crippen LogP contribution in [0.1, 0.15) is 11.1 Å². The van der Waals surface area contributed by atoms with E-state index in [9.17, 15) is 4.79 Å². The molecule has 0 radical (unpaired) electrons. The van der Waals surface area contributed by atoms with Gasteiger partial charge < -0.3 is 4.74 Å². The summed E-state index contributed by atoms with van der Waals surface area (Å²) in [7, 11) is 0. The number of para-hydroxylation sites is 1. The van der Waals surface area contributed by atoms with Crippen molar-refractivity contribution in [3.05, 3.63) is 128 Å². The molecule has 0 aliphatic carbocycles. The Balaban J connectivity index is 1.51. The van der Waals surface area contributed by atoms with E-state index in [0.717, 1.165) is 11.1 Å². The first kappa shape index (κ1) is 23.0. The van der Waals surface area contributed by atoms with Crippen molar-refractivity contribution >= 4 is 44.6 Å². The maximum absolute atomic E-state index is 13.3. The number of rotatable bonds is 6. The topological polar surface area (TPSA) is 56.5 Å². The minimum atomic E-state index is -0.251. The number of ether oxygens (including phenoxy) is 1. The third-order valence-corrected chi connectivity index (χ3v) is 6.22. The number of nitrogens with zero attached hydrogens (tertiary/aromatic N) is 3. The lowest BCUT2D eigenvalue weighted by Crippen LogP contribution is -2.20. The van der Waals surface area contributed by atoms with Crippen LogP contribution in [0.4, 0.5) is 0 Å². The van der Waals surface area contributed by atoms with Gasteiger partial charge in [-0.1, -0.05) is 84.4 Å². The molecule has 0 atom stereocenters. The van der Waals surface area contributed by atoms with Crippen molar-refractivity contribution in [3.8, 4) is 17.1 Å². The highest BCUT2D eigenvalue weighted by atomic mass is 79.9. The Morgan fingerprint density at radius 2 is 1.63 bits per heavy atom. The fraction of sp³-hybridized carbons (Fsp3) is 0.0357. The van der Waals surface area contributed by atoms with Gasteiger partial charge in [0.2, 0.25) is 0 Å². The molecule has 4 aromatic carbocycles. The Morgan fingerprint density at radius 3 is 2.37 bits per heavy atom. The van der Waals surface area contributed by atoms with Crippen LogP contribution in [0, 0.1) is 0 Å². The van der Waals surface area contributed by atoms with Crippen molar-refractivity contribution in [1.29, 1.82) is 0 Å². The molecule has 0 fully saturated rings. The molecule has 0 spiro atoms. The van der Waals surface area contributed by atoms with Crippen molar-refractivity contribution in [2.45, 2.75) is 6.61 Å². The lowest BCUT2D eigenvalue weighted by atomic mass is 10.2. The molecule has 5 rings (SSSR count). The third-order valence-electron chi connectivity index (χ3n) is 5.35. The second kappa shape index (κ2) is 10.3. The van der Waals surface area contributed by atoms with Gasteiger partial charge in [0.25, 0.3) is 5.56 Å². The molecule has 7 heteroatoms. The van der Waals surface area contributed by atoms with Crippen molar-refractivity contribution in [1.82, 2.24) is 9.66 Å². The van der Waals surface area contributed by atoms with E-state index < -0.39 is 0 Å². The van der Waals surface area contributed by atoms with Gasteiger partial charge in [-0.25, -0.2) is 4.98 Å². The molecule has 0 amide bonds. The fourth-order valence-electron chi connectivity index (χ4n) is 3.65. The van der Waals surface area contributed by atoms with E-state index in [1.807, 2.05) is 84.9 Å². The fourth-order valence-corrected chi connectivity index (χ4v) is 4.64. The van der Waals surface area contributed by atoms with Crippen LogP contribution < -0.4 is 10.3 Å². The number of fused-ring (bicyclic) bond motifs is 1. The van der Waals surface area contributed by atoms with Gasteiger partial charge in [-0.3, -0.25) is 4.79 Å². The average Bonchev–Trinajstić information content (AvgIpc) is 2.89. The van der Waals surface area contributed by atoms with Crippen LogP contribution in [0.2, 0.25) is 5.02 Å². The molecule has 1 heterocycles. The summed E-state index contributed by atoms with van der Waals surface area (Å²) in [6.07, 6.45) is 1.59. The van der Waals surface area contributed by atoms with Crippen LogP contribution in [0.3, 0.4) is 0 Å². The maximum Gasteiger partial charge on any atom is 0.282 e. The second-order valence-corrected chi connectivity index (χ2v) is 9.03. The third kappa shape index (κ3) is 5.04. The molecule has 0 saturated carbocycles. The number of aromatic nitrogens is 2. The number of halogens is 2. The largest absolute Gasteiger partial charge is 0.486 e. The first-order chi connectivity index (χ1) is 17.1. The molecule has 0 bridgehead atoms. The summed E-state index contributed by atoms with van der Waals surface area (Å²) in [5, 5.41) is 5.43. The SMILES string of the molecule is O=c1c2ccccc2nc(-c2ccccc2)n1N=Cc1cc(Cl)c(OCc2ccccc2)c(Br)c1. The van der Waals surface area contributed by atoms with Gasteiger partial charge in [0.1, 0.15) is 6.61 Å². The highest BCUT2D eigenvalue weighted by Gasteiger charge is 2.13. The van der Waals surface area contributed by atoms with Gasteiger partial charge in [0, 0.05) is 5.56 Å². The van der Waals surface area contributed by atoms with E-state index in [2.05, 4.69) is 21.0 Å². The molecule has 0 N–H and O–H groups in total. The van der Waals surface area contributed by atoms with Gasteiger partial charge in [-0.15, -0.1) is 0 Å². The summed E-state index contributed by atoms with van der Waals surface area (Å²) >= 11 is 10.1. The van der Waals surface area contributed by atoms with Crippen molar-refractivity contribution < 1.29 is 4.74 Å². The minimum Gasteiger partial charge on any atom is -0.486 e. The maximum atomic E-state index is 13.3. The smallest absolute Gasteiger partial charge is 0.282 e. The molecule has 0 unspecified atom stereocenters. The Hall–Kier alpha value is -3.74. The van der Waals surface area contributed by atoms with E-state index in [4.69, 9.17) is 21.3 Å². The van der Waals surface area contributed by atoms with Crippen molar-refractivity contribution in [2.24, 2.45) is 5.10 Å². The zero-order valence-electron chi connectivity index (χ0n) is 18.4. The van der Waals surface area contributed by atoms with Crippen LogP contribution in [0.25, 0.3) is 22.3 Å². The predicted molar refractivity (Wildman–Crippen MR) is 144 cm³/mol. The van der Waals surface area contributed by atoms with Gasteiger partial charge >= 0.3 is 0 Å². The lowest BCUT2D eigenvalue weighted by Gasteiger charge is -2.12. The van der Waals surface area contributed by atoms with Crippen LogP contribution >= 0.6 is 27.5 Å². The van der Waals surface area contributed by atoms with Gasteiger partial charge in [0.15, 0.2) is 11.6 Å². The molecule has 1 aromatic heterocycles. The minimum absolute atomic E-state index is 0.251. The summed E-state index contributed by atoms with van der Waals surface area (Å²) in [5.41, 5.74) is 2.90. The molecule has 0 aliphatic heterocycles. The standard InChI is InChI=1S/C28H19BrClN3O2/c29-23-15-20(16-24(30)26(23)35-18-19-9-3-1-4-10-19)17-31-33-27(21-11-5-2-6-12-21)32-25-14-8-7-13-22(25)28(33)34/h1-17H,18H2. The van der Waals surface area contributed by atoms with Gasteiger partial charge in [-0.2, -0.15) is 9.78 Å². The summed E-state index contributed by atoms with van der Waals surface area (Å²) in [6.45, 7) is 0.394. The second-order valence-electron chi connectivity index (χ2n) is 7.77. The number of benzene rings is 4. The average molecular weight is 545 g/mol. The Labute approximate surface area is 215 Å². The monoisotopic (exact) mass is 543 g/mol. The Morgan fingerprint density at radius 1 is 0.943 bits per heavy atom. The zero-order chi connectivity index (χ0) is 24.2. The first-order valence-corrected chi connectivity index (χ1v) is 12.0. The molecule has 0 aliphatic rings. The van der Waals surface area contributed by atoms with Gasteiger partial charge in [0.05, 0.1) is 26.6 Å². The highest BCUT2D eigenvalue weighted by Crippen LogP contribution is 2.34. The van der Waals surface area contributed by atoms with Crippen LogP contribution in [0.15, 0.2) is 111 Å².